The number of hydrogen-bond donors (Lipinski definition) is 4. The Labute approximate surface area is 247 Å². The molecule has 3 amide bonds. The molecule has 0 heterocycles. The number of primary amides is 1. The monoisotopic (exact) mass is 586 g/mol. The minimum Gasteiger partial charge on any atom is -0.378 e. The van der Waals surface area contributed by atoms with Crippen molar-refractivity contribution in [2.75, 3.05) is 52.7 Å². The first-order valence-electron chi connectivity index (χ1n) is 14.8. The number of amides is 3. The van der Waals surface area contributed by atoms with Gasteiger partial charge in [0.1, 0.15) is 11.3 Å². The highest BCUT2D eigenvalue weighted by molar-refractivity contribution is 5.78. The second-order valence-electron chi connectivity index (χ2n) is 13.2. The van der Waals surface area contributed by atoms with Crippen molar-refractivity contribution in [2.24, 2.45) is 28.2 Å². The fourth-order valence-corrected chi connectivity index (χ4v) is 5.32. The van der Waals surface area contributed by atoms with Crippen molar-refractivity contribution in [3.8, 4) is 0 Å². The number of ketones is 1. The third-order valence-electron chi connectivity index (χ3n) is 6.36. The maximum Gasteiger partial charge on any atom is 0.222 e. The molecule has 0 aromatic heterocycles. The third kappa shape index (κ3) is 21.3. The highest BCUT2D eigenvalue weighted by Gasteiger charge is 2.37. The molecular formula is C30H58N4O7. The van der Waals surface area contributed by atoms with Crippen molar-refractivity contribution >= 4 is 23.5 Å². The van der Waals surface area contributed by atoms with Crippen LogP contribution in [-0.2, 0) is 33.4 Å². The van der Waals surface area contributed by atoms with Crippen LogP contribution in [0.2, 0.25) is 0 Å². The molecule has 240 valence electrons. The predicted molar refractivity (Wildman–Crippen MR) is 160 cm³/mol. The zero-order chi connectivity index (χ0) is 31.5. The minimum absolute atomic E-state index is 0.00470. The molecule has 11 nitrogen and oxygen atoms in total. The second kappa shape index (κ2) is 19.9. The lowest BCUT2D eigenvalue weighted by molar-refractivity contribution is -0.132. The van der Waals surface area contributed by atoms with Gasteiger partial charge < -0.3 is 36.3 Å². The van der Waals surface area contributed by atoms with E-state index in [1.54, 1.807) is 0 Å². The van der Waals surface area contributed by atoms with E-state index in [-0.39, 0.29) is 93.8 Å². The highest BCUT2D eigenvalue weighted by atomic mass is 16.5. The normalized spacial score (nSPS) is 13.6. The Bertz CT molecular complexity index is 778. The summed E-state index contributed by atoms with van der Waals surface area (Å²) in [5.41, 5.74) is 9.40. The van der Waals surface area contributed by atoms with Crippen molar-refractivity contribution in [3.05, 3.63) is 0 Å². The minimum atomic E-state index is -1.11. The largest absolute Gasteiger partial charge is 0.378 e. The summed E-state index contributed by atoms with van der Waals surface area (Å²) in [5, 5.41) is 5.87. The molecule has 11 heteroatoms. The van der Waals surface area contributed by atoms with Gasteiger partial charge in [0.2, 0.25) is 17.7 Å². The van der Waals surface area contributed by atoms with Crippen LogP contribution in [0.15, 0.2) is 0 Å². The first-order valence-corrected chi connectivity index (χ1v) is 14.8. The van der Waals surface area contributed by atoms with Crippen LogP contribution in [0.4, 0.5) is 0 Å². The fourth-order valence-electron chi connectivity index (χ4n) is 5.32. The van der Waals surface area contributed by atoms with Gasteiger partial charge in [0.15, 0.2) is 0 Å². The van der Waals surface area contributed by atoms with E-state index in [4.69, 9.17) is 25.7 Å². The summed E-state index contributed by atoms with van der Waals surface area (Å²) in [4.78, 5) is 48.2. The molecule has 0 rings (SSSR count). The van der Waals surface area contributed by atoms with Crippen LogP contribution < -0.4 is 22.1 Å². The van der Waals surface area contributed by atoms with Crippen molar-refractivity contribution in [1.29, 1.82) is 0 Å². The SMILES string of the molecule is CC(=O)CCOCC(COCCC(N)=O)(COCCC(=O)NCCCN)NC(=O)CC(C)(C)CC(C)(C)CC(C)C. The van der Waals surface area contributed by atoms with Crippen molar-refractivity contribution in [1.82, 2.24) is 10.6 Å². The number of hydrogen-bond acceptors (Lipinski definition) is 8. The van der Waals surface area contributed by atoms with Gasteiger partial charge in [-0.15, -0.1) is 0 Å². The maximum absolute atomic E-state index is 13.5. The molecule has 0 aliphatic rings. The quantitative estimate of drug-likeness (QED) is 0.118. The summed E-state index contributed by atoms with van der Waals surface area (Å²) < 4.78 is 17.4. The number of nitrogens with one attached hydrogen (secondary N) is 2. The number of ether oxygens (including phenoxy) is 3. The zero-order valence-electron chi connectivity index (χ0n) is 26.7. The van der Waals surface area contributed by atoms with E-state index in [1.165, 1.54) is 6.92 Å². The zero-order valence-corrected chi connectivity index (χ0v) is 26.7. The number of rotatable bonds is 25. The summed E-state index contributed by atoms with van der Waals surface area (Å²) in [5.74, 6) is -0.312. The molecule has 0 saturated carbocycles. The first-order chi connectivity index (χ1) is 19.0. The van der Waals surface area contributed by atoms with Crippen LogP contribution >= 0.6 is 0 Å². The molecule has 0 aromatic carbocycles. The van der Waals surface area contributed by atoms with Crippen molar-refractivity contribution in [2.45, 2.75) is 99.0 Å². The van der Waals surface area contributed by atoms with Crippen molar-refractivity contribution < 1.29 is 33.4 Å². The average Bonchev–Trinajstić information content (AvgIpc) is 2.80. The van der Waals surface area contributed by atoms with E-state index >= 15 is 0 Å². The van der Waals surface area contributed by atoms with Crippen LogP contribution in [0, 0.1) is 16.7 Å². The van der Waals surface area contributed by atoms with Gasteiger partial charge in [-0.1, -0.05) is 41.5 Å². The molecule has 1 unspecified atom stereocenters. The molecule has 41 heavy (non-hydrogen) atoms. The number of Topliss-reactive ketones (excluding diaryl/α,β-unsaturated/α-hetero) is 1. The van der Waals surface area contributed by atoms with Gasteiger partial charge in [0.25, 0.3) is 0 Å². The molecule has 0 aromatic rings. The van der Waals surface area contributed by atoms with E-state index in [9.17, 15) is 19.2 Å². The number of carbonyl (C=O) groups is 4. The number of nitrogens with two attached hydrogens (primary N) is 2. The van der Waals surface area contributed by atoms with Gasteiger partial charge in [0, 0.05) is 32.2 Å². The Kier molecular flexibility index (Phi) is 18.9. The summed E-state index contributed by atoms with van der Waals surface area (Å²) in [6, 6.07) is 0. The van der Waals surface area contributed by atoms with E-state index in [1.807, 2.05) is 0 Å². The van der Waals surface area contributed by atoms with Crippen LogP contribution in [0.5, 0.6) is 0 Å². The smallest absolute Gasteiger partial charge is 0.222 e. The lowest BCUT2D eigenvalue weighted by atomic mass is 9.70. The van der Waals surface area contributed by atoms with E-state index in [0.29, 0.717) is 25.4 Å². The van der Waals surface area contributed by atoms with Gasteiger partial charge in [-0.25, -0.2) is 0 Å². The Balaban J connectivity index is 5.62. The number of carbonyl (C=O) groups excluding carboxylic acids is 4. The lowest BCUT2D eigenvalue weighted by Crippen LogP contribution is -2.59. The molecule has 0 bridgehead atoms. The summed E-state index contributed by atoms with van der Waals surface area (Å²) in [6.45, 7) is 15.9. The summed E-state index contributed by atoms with van der Waals surface area (Å²) >= 11 is 0. The van der Waals surface area contributed by atoms with Gasteiger partial charge in [-0.3, -0.25) is 19.2 Å². The lowest BCUT2D eigenvalue weighted by Gasteiger charge is -2.38. The predicted octanol–water partition coefficient (Wildman–Crippen LogP) is 2.48. The molecule has 0 fully saturated rings. The molecular weight excluding hydrogens is 528 g/mol. The molecule has 6 N–H and O–H groups in total. The topological polar surface area (TPSA) is 172 Å². The third-order valence-corrected chi connectivity index (χ3v) is 6.36. The molecule has 0 aliphatic carbocycles. The molecule has 0 spiro atoms. The molecule has 1 atom stereocenters. The summed E-state index contributed by atoms with van der Waals surface area (Å²) in [7, 11) is 0. The molecule has 0 radical (unpaired) electrons. The summed E-state index contributed by atoms with van der Waals surface area (Å²) in [6.07, 6.45) is 3.26. The van der Waals surface area contributed by atoms with Gasteiger partial charge >= 0.3 is 0 Å². The van der Waals surface area contributed by atoms with Gasteiger partial charge in [-0.2, -0.15) is 0 Å². The highest BCUT2D eigenvalue weighted by Crippen LogP contribution is 2.40. The van der Waals surface area contributed by atoms with Gasteiger partial charge in [-0.05, 0) is 49.5 Å². The van der Waals surface area contributed by atoms with Crippen molar-refractivity contribution in [3.63, 3.8) is 0 Å². The fraction of sp³-hybridized carbons (Fsp3) is 0.867. The first kappa shape index (κ1) is 38.9. The molecule has 0 saturated heterocycles. The Hall–Kier alpha value is -2.08. The van der Waals surface area contributed by atoms with Crippen LogP contribution in [0.25, 0.3) is 0 Å². The van der Waals surface area contributed by atoms with E-state index < -0.39 is 11.4 Å². The Morgan fingerprint density at radius 1 is 0.805 bits per heavy atom. The van der Waals surface area contributed by atoms with Crippen LogP contribution in [0.1, 0.15) is 93.4 Å². The van der Waals surface area contributed by atoms with Crippen LogP contribution in [-0.4, -0.2) is 81.8 Å². The van der Waals surface area contributed by atoms with E-state index in [0.717, 1.165) is 12.8 Å². The van der Waals surface area contributed by atoms with Crippen LogP contribution in [0.3, 0.4) is 0 Å². The average molecular weight is 587 g/mol. The Morgan fingerprint density at radius 3 is 1.83 bits per heavy atom. The second-order valence-corrected chi connectivity index (χ2v) is 13.2. The van der Waals surface area contributed by atoms with E-state index in [2.05, 4.69) is 52.2 Å². The maximum atomic E-state index is 13.5. The Morgan fingerprint density at radius 2 is 1.34 bits per heavy atom. The molecule has 0 aliphatic heterocycles. The standard InChI is InChI=1S/C30H58N4O7/c1-23(2)17-28(4,5)19-29(6,7)18-27(38)34-30(20-39-14-9-24(3)35,21-40-15-10-25(32)36)22-41-16-11-26(37)33-13-8-12-31/h23H,8-22,31H2,1-7H3,(H2,32,36)(H,33,37)(H,34,38). The van der Waals surface area contributed by atoms with Gasteiger partial charge in [0.05, 0.1) is 39.6 Å².